The topological polar surface area (TPSA) is 110 Å². The molecule has 8 nitrogen and oxygen atoms in total. The highest BCUT2D eigenvalue weighted by Crippen LogP contribution is 2.21. The summed E-state index contributed by atoms with van der Waals surface area (Å²) in [4.78, 5) is 45.2. The molecule has 0 aliphatic carbocycles. The minimum atomic E-state index is -1.22. The van der Waals surface area contributed by atoms with Crippen molar-refractivity contribution in [2.45, 2.75) is 37.9 Å². The maximum absolute atomic E-state index is 12.5. The van der Waals surface area contributed by atoms with Gasteiger partial charge in [-0.1, -0.05) is 42.1 Å². The van der Waals surface area contributed by atoms with Gasteiger partial charge in [0.05, 0.1) is 0 Å². The maximum atomic E-state index is 12.5. The number of rotatable bonds is 7. The summed E-state index contributed by atoms with van der Waals surface area (Å²) in [7, 11) is 1.39. The van der Waals surface area contributed by atoms with Crippen molar-refractivity contribution in [2.75, 3.05) is 13.3 Å². The summed E-state index contributed by atoms with van der Waals surface area (Å²) in [5.41, 5.74) is 2.98. The number of thioether (sulfide) groups is 1. The summed E-state index contributed by atoms with van der Waals surface area (Å²) in [6.07, 6.45) is 1.13. The van der Waals surface area contributed by atoms with Crippen molar-refractivity contribution in [3.63, 3.8) is 0 Å². The van der Waals surface area contributed by atoms with Crippen LogP contribution in [-0.4, -0.2) is 41.2 Å². The average Bonchev–Trinajstić information content (AvgIpc) is 2.71. The van der Waals surface area contributed by atoms with Crippen LogP contribution in [0, 0.1) is 13.8 Å². The summed E-state index contributed by atoms with van der Waals surface area (Å²) < 4.78 is 5.41. The lowest BCUT2D eigenvalue weighted by Crippen LogP contribution is -2.41. The van der Waals surface area contributed by atoms with Crippen LogP contribution >= 0.6 is 11.8 Å². The Kier molecular flexibility index (Phi) is 8.14. The van der Waals surface area contributed by atoms with Gasteiger partial charge >= 0.3 is 12.0 Å². The first-order valence-corrected chi connectivity index (χ1v) is 10.2. The molecule has 1 heterocycles. The molecule has 0 fully saturated rings. The fourth-order valence-electron chi connectivity index (χ4n) is 2.72. The zero-order chi connectivity index (χ0) is 21.4. The summed E-state index contributed by atoms with van der Waals surface area (Å²) in [6, 6.07) is 7.86. The number of hydrogen-bond acceptors (Lipinski definition) is 7. The summed E-state index contributed by atoms with van der Waals surface area (Å²) >= 11 is 1.46. The highest BCUT2D eigenvalue weighted by atomic mass is 32.2. The van der Waals surface area contributed by atoms with Crippen LogP contribution in [0.3, 0.4) is 0 Å². The van der Waals surface area contributed by atoms with Gasteiger partial charge in [-0.15, -0.1) is 0 Å². The molecule has 154 valence electrons. The van der Waals surface area contributed by atoms with E-state index >= 15 is 0 Å². The Morgan fingerprint density at radius 3 is 2.28 bits per heavy atom. The molecule has 0 saturated heterocycles. The molecule has 1 atom stereocenters. The van der Waals surface area contributed by atoms with E-state index in [0.717, 1.165) is 17.0 Å². The van der Waals surface area contributed by atoms with Crippen LogP contribution in [0.15, 0.2) is 35.5 Å². The molecular formula is C20H24N4O4S. The Hall–Kier alpha value is -2.94. The van der Waals surface area contributed by atoms with E-state index in [4.69, 9.17) is 4.74 Å². The number of benzene rings is 1. The van der Waals surface area contributed by atoms with Crippen LogP contribution in [0.25, 0.3) is 0 Å². The Morgan fingerprint density at radius 2 is 1.72 bits per heavy atom. The predicted molar refractivity (Wildman–Crippen MR) is 109 cm³/mol. The van der Waals surface area contributed by atoms with E-state index in [2.05, 4.69) is 20.6 Å². The number of esters is 1. The molecule has 0 spiro atoms. The van der Waals surface area contributed by atoms with Gasteiger partial charge in [-0.2, -0.15) is 0 Å². The lowest BCUT2D eigenvalue weighted by Gasteiger charge is -2.18. The lowest BCUT2D eigenvalue weighted by atomic mass is 10.1. The van der Waals surface area contributed by atoms with E-state index in [9.17, 15) is 14.4 Å². The summed E-state index contributed by atoms with van der Waals surface area (Å²) in [5, 5.41) is 5.13. The fourth-order valence-corrected chi connectivity index (χ4v) is 3.18. The number of ether oxygens (including phenoxy) is 1. The van der Waals surface area contributed by atoms with Crippen LogP contribution in [0.1, 0.15) is 35.0 Å². The van der Waals surface area contributed by atoms with Crippen molar-refractivity contribution >= 4 is 29.7 Å². The van der Waals surface area contributed by atoms with E-state index in [-0.39, 0.29) is 6.42 Å². The van der Waals surface area contributed by atoms with Gasteiger partial charge in [-0.05, 0) is 32.1 Å². The summed E-state index contributed by atoms with van der Waals surface area (Å²) in [5.74, 6) is -1.28. The van der Waals surface area contributed by atoms with E-state index < -0.39 is 24.0 Å². The molecule has 2 N–H and O–H groups in total. The maximum Gasteiger partial charge on any atom is 0.321 e. The molecule has 0 radical (unpaired) electrons. The van der Waals surface area contributed by atoms with Crippen molar-refractivity contribution in [1.82, 2.24) is 20.6 Å². The summed E-state index contributed by atoms with van der Waals surface area (Å²) in [6.45, 7) is 3.75. The highest BCUT2D eigenvalue weighted by molar-refractivity contribution is 7.98. The third-order valence-electron chi connectivity index (χ3n) is 4.22. The average molecular weight is 417 g/mol. The second kappa shape index (κ2) is 10.6. The first kappa shape index (κ1) is 22.4. The van der Waals surface area contributed by atoms with Gasteiger partial charge in [0.2, 0.25) is 6.10 Å². The van der Waals surface area contributed by atoms with E-state index in [1.54, 1.807) is 30.3 Å². The Bertz CT molecular complexity index is 866. The second-order valence-electron chi connectivity index (χ2n) is 6.21. The molecule has 2 rings (SSSR count). The quantitative estimate of drug-likeness (QED) is 0.405. The van der Waals surface area contributed by atoms with Crippen molar-refractivity contribution in [1.29, 1.82) is 0 Å². The van der Waals surface area contributed by atoms with Crippen molar-refractivity contribution in [3.8, 4) is 0 Å². The molecule has 9 heteroatoms. The van der Waals surface area contributed by atoms with Crippen LogP contribution < -0.4 is 10.6 Å². The van der Waals surface area contributed by atoms with Crippen molar-refractivity contribution in [2.24, 2.45) is 0 Å². The number of urea groups is 1. The van der Waals surface area contributed by atoms with Gasteiger partial charge in [0.1, 0.15) is 0 Å². The molecule has 0 bridgehead atoms. The van der Waals surface area contributed by atoms with E-state index in [1.165, 1.54) is 18.8 Å². The first-order chi connectivity index (χ1) is 13.8. The molecule has 29 heavy (non-hydrogen) atoms. The Labute approximate surface area is 173 Å². The molecule has 1 aromatic heterocycles. The molecule has 0 saturated carbocycles. The second-order valence-corrected chi connectivity index (χ2v) is 6.98. The number of carbonyl (C=O) groups is 3. The molecular weight excluding hydrogens is 392 g/mol. The SMILES string of the molecule is CNC(=O)NC(=O)[C@@H](OC(=O)CCc1c(C)nc(SC)nc1C)c1ccccc1. The highest BCUT2D eigenvalue weighted by Gasteiger charge is 2.26. The normalized spacial score (nSPS) is 11.4. The number of imide groups is 1. The minimum Gasteiger partial charge on any atom is -0.447 e. The number of aromatic nitrogens is 2. The third-order valence-corrected chi connectivity index (χ3v) is 4.76. The van der Waals surface area contributed by atoms with Crippen LogP contribution in [-0.2, 0) is 20.7 Å². The van der Waals surface area contributed by atoms with Gasteiger partial charge in [0.15, 0.2) is 5.16 Å². The number of nitrogens with zero attached hydrogens (tertiary/aromatic N) is 2. The molecule has 0 unspecified atom stereocenters. The van der Waals surface area contributed by atoms with Gasteiger partial charge < -0.3 is 10.1 Å². The van der Waals surface area contributed by atoms with E-state index in [0.29, 0.717) is 17.1 Å². The molecule has 2 aromatic rings. The predicted octanol–water partition coefficient (Wildman–Crippen LogP) is 2.49. The van der Waals surface area contributed by atoms with Crippen LogP contribution in [0.5, 0.6) is 0 Å². The molecule has 1 aromatic carbocycles. The van der Waals surface area contributed by atoms with Gasteiger partial charge in [-0.3, -0.25) is 14.9 Å². The zero-order valence-corrected chi connectivity index (χ0v) is 17.6. The number of aryl methyl sites for hydroxylation is 2. The number of hydrogen-bond donors (Lipinski definition) is 2. The molecule has 0 aliphatic heterocycles. The van der Waals surface area contributed by atoms with E-state index in [1.807, 2.05) is 20.1 Å². The monoisotopic (exact) mass is 416 g/mol. The third kappa shape index (κ3) is 6.28. The molecule has 0 aliphatic rings. The van der Waals surface area contributed by atoms with Crippen molar-refractivity contribution < 1.29 is 19.1 Å². The smallest absolute Gasteiger partial charge is 0.321 e. The Morgan fingerprint density at radius 1 is 1.10 bits per heavy atom. The zero-order valence-electron chi connectivity index (χ0n) is 16.8. The van der Waals surface area contributed by atoms with Gasteiger partial charge in [-0.25, -0.2) is 14.8 Å². The fraction of sp³-hybridized carbons (Fsp3) is 0.350. The first-order valence-electron chi connectivity index (χ1n) is 9.00. The number of amides is 3. The minimum absolute atomic E-state index is 0.0558. The standard InChI is InChI=1S/C20H24N4O4S/c1-12-15(13(2)23-20(22-12)29-4)10-11-16(25)28-17(14-8-6-5-7-9-14)18(26)24-19(27)21-3/h5-9,17H,10-11H2,1-4H3,(H2,21,24,26,27)/t17-/m0/s1. The Balaban J connectivity index is 2.10. The number of nitrogens with one attached hydrogen (secondary N) is 2. The number of carbonyl (C=O) groups excluding carboxylic acids is 3. The van der Waals surface area contributed by atoms with Crippen LogP contribution in [0.2, 0.25) is 0 Å². The van der Waals surface area contributed by atoms with Crippen LogP contribution in [0.4, 0.5) is 4.79 Å². The lowest BCUT2D eigenvalue weighted by molar-refractivity contribution is -0.156. The van der Waals surface area contributed by atoms with Crippen molar-refractivity contribution in [3.05, 3.63) is 52.8 Å². The molecule has 3 amide bonds. The van der Waals surface area contributed by atoms with Gasteiger partial charge in [0, 0.05) is 30.4 Å². The van der Waals surface area contributed by atoms with Gasteiger partial charge in [0.25, 0.3) is 5.91 Å². The largest absolute Gasteiger partial charge is 0.447 e.